The summed E-state index contributed by atoms with van der Waals surface area (Å²) in [5.74, 6) is 0.784. The molecular weight excluding hydrogens is 645 g/mol. The molecule has 0 amide bonds. The van der Waals surface area contributed by atoms with Crippen LogP contribution in [0.2, 0.25) is 0 Å². The highest BCUT2D eigenvalue weighted by molar-refractivity contribution is 7.93. The minimum absolute atomic E-state index is 0.0951. The Bertz CT molecular complexity index is 2100. The molecule has 0 N–H and O–H groups in total. The van der Waals surface area contributed by atoms with Crippen molar-refractivity contribution >= 4 is 42.8 Å². The number of nitrogens with zero attached hydrogens (tertiary/aromatic N) is 2. The van der Waals surface area contributed by atoms with Gasteiger partial charge in [0.25, 0.3) is 20.0 Å². The van der Waals surface area contributed by atoms with E-state index in [1.54, 1.807) is 121 Å². The summed E-state index contributed by atoms with van der Waals surface area (Å²) in [6.07, 6.45) is 3.45. The topological polar surface area (TPSA) is 93.2 Å². The number of rotatable bonds is 8. The van der Waals surface area contributed by atoms with Crippen LogP contribution in [0, 0.1) is 13.8 Å². The lowest BCUT2D eigenvalue weighted by Crippen LogP contribution is -2.32. The Labute approximate surface area is 280 Å². The highest BCUT2D eigenvalue weighted by Gasteiger charge is 2.36. The van der Waals surface area contributed by atoms with Crippen LogP contribution in [0.3, 0.4) is 0 Å². The third kappa shape index (κ3) is 5.63. The van der Waals surface area contributed by atoms with Gasteiger partial charge >= 0.3 is 0 Å². The Morgan fingerprint density at radius 1 is 0.500 bits per heavy atom. The van der Waals surface area contributed by atoms with Crippen LogP contribution in [0.1, 0.15) is 22.3 Å². The van der Waals surface area contributed by atoms with Crippen LogP contribution in [0.4, 0.5) is 11.4 Å². The van der Waals surface area contributed by atoms with Gasteiger partial charge in [0.05, 0.1) is 32.6 Å². The van der Waals surface area contributed by atoms with E-state index in [-0.39, 0.29) is 23.0 Å². The fourth-order valence-corrected chi connectivity index (χ4v) is 8.84. The second-order valence-electron chi connectivity index (χ2n) is 11.5. The molecule has 8 nitrogen and oxygen atoms in total. The third-order valence-electron chi connectivity index (χ3n) is 8.20. The van der Waals surface area contributed by atoms with Gasteiger partial charge in [-0.25, -0.2) is 25.4 Å². The Hall–Kier alpha value is -5.32. The molecule has 0 radical (unpaired) electrons. The van der Waals surface area contributed by atoms with Gasteiger partial charge in [0.15, 0.2) is 0 Å². The van der Waals surface area contributed by atoms with E-state index in [0.717, 1.165) is 11.1 Å². The molecule has 0 saturated heterocycles. The van der Waals surface area contributed by atoms with Crippen molar-refractivity contribution in [3.05, 3.63) is 156 Å². The average Bonchev–Trinajstić information content (AvgIpc) is 3.09. The zero-order valence-electron chi connectivity index (χ0n) is 26.3. The maximum atomic E-state index is 14.3. The first-order valence-electron chi connectivity index (χ1n) is 15.3. The zero-order chi connectivity index (χ0) is 33.5. The molecule has 2 aliphatic heterocycles. The largest absolute Gasteiger partial charge is 0.489 e. The predicted molar refractivity (Wildman–Crippen MR) is 188 cm³/mol. The molecule has 0 aromatic heterocycles. The fraction of sp³-hybridized carbons (Fsp3) is 0.105. The number of fused-ring (bicyclic) bond motifs is 2. The van der Waals surface area contributed by atoms with E-state index < -0.39 is 20.0 Å². The molecule has 0 unspecified atom stereocenters. The number of ether oxygens (including phenoxy) is 2. The minimum atomic E-state index is -4.08. The van der Waals surface area contributed by atoms with Crippen molar-refractivity contribution < 1.29 is 26.3 Å². The number of hydrogen-bond acceptors (Lipinski definition) is 6. The van der Waals surface area contributed by atoms with Crippen molar-refractivity contribution in [1.82, 2.24) is 0 Å². The Morgan fingerprint density at radius 3 is 1.21 bits per heavy atom. The predicted octanol–water partition coefficient (Wildman–Crippen LogP) is 7.56. The lowest BCUT2D eigenvalue weighted by atomic mass is 10.0. The molecule has 0 saturated carbocycles. The summed E-state index contributed by atoms with van der Waals surface area (Å²) < 4.78 is 72.2. The van der Waals surface area contributed by atoms with Crippen LogP contribution >= 0.6 is 0 Å². The summed E-state index contributed by atoms with van der Waals surface area (Å²) in [6.45, 7) is 3.99. The second kappa shape index (κ2) is 12.4. The van der Waals surface area contributed by atoms with Crippen molar-refractivity contribution in [3.8, 4) is 11.5 Å². The van der Waals surface area contributed by atoms with E-state index >= 15 is 0 Å². The van der Waals surface area contributed by atoms with E-state index in [2.05, 4.69) is 0 Å². The first-order valence-corrected chi connectivity index (χ1v) is 18.2. The van der Waals surface area contributed by atoms with E-state index in [0.29, 0.717) is 45.4 Å². The summed E-state index contributed by atoms with van der Waals surface area (Å²) in [7, 11) is -8.16. The summed E-state index contributed by atoms with van der Waals surface area (Å²) in [6, 6.07) is 34.7. The molecular formula is C38H32N2O6S2. The van der Waals surface area contributed by atoms with Gasteiger partial charge in [-0.2, -0.15) is 0 Å². The van der Waals surface area contributed by atoms with Crippen molar-refractivity contribution in [3.63, 3.8) is 0 Å². The molecule has 5 aromatic carbocycles. The van der Waals surface area contributed by atoms with Crippen LogP contribution in [0.15, 0.2) is 143 Å². The Morgan fingerprint density at radius 2 is 0.854 bits per heavy atom. The van der Waals surface area contributed by atoms with Gasteiger partial charge in [-0.1, -0.05) is 71.8 Å². The summed E-state index contributed by atoms with van der Waals surface area (Å²) in [5, 5.41) is 0. The lowest BCUT2D eigenvalue weighted by Gasteiger charge is -2.33. The molecule has 10 heteroatoms. The van der Waals surface area contributed by atoms with Crippen molar-refractivity contribution in [2.45, 2.75) is 23.6 Å². The summed E-state index contributed by atoms with van der Waals surface area (Å²) in [4.78, 5) is 0.287. The molecule has 5 aromatic rings. The van der Waals surface area contributed by atoms with E-state index in [9.17, 15) is 16.8 Å². The molecule has 0 atom stereocenters. The quantitative estimate of drug-likeness (QED) is 0.168. The van der Waals surface area contributed by atoms with Gasteiger partial charge in [-0.15, -0.1) is 0 Å². The van der Waals surface area contributed by atoms with E-state index in [1.807, 2.05) is 26.0 Å². The lowest BCUT2D eigenvalue weighted by molar-refractivity contribution is 0.344. The number of hydrogen-bond donors (Lipinski definition) is 0. The van der Waals surface area contributed by atoms with Crippen molar-refractivity contribution in [1.29, 1.82) is 0 Å². The average molecular weight is 677 g/mol. The van der Waals surface area contributed by atoms with Crippen LogP contribution in [0.5, 0.6) is 11.5 Å². The number of sulfonamides is 2. The number of anilines is 2. The summed E-state index contributed by atoms with van der Waals surface area (Å²) >= 11 is 0. The van der Waals surface area contributed by atoms with Crippen molar-refractivity contribution in [2.24, 2.45) is 0 Å². The zero-order valence-corrected chi connectivity index (χ0v) is 27.9. The van der Waals surface area contributed by atoms with Crippen molar-refractivity contribution in [2.75, 3.05) is 21.8 Å². The van der Waals surface area contributed by atoms with E-state index in [4.69, 9.17) is 9.47 Å². The summed E-state index contributed by atoms with van der Waals surface area (Å²) in [5.41, 5.74) is 4.58. The van der Waals surface area contributed by atoms with Crippen LogP contribution in [-0.2, 0) is 20.0 Å². The molecule has 0 bridgehead atoms. The van der Waals surface area contributed by atoms with Gasteiger partial charge < -0.3 is 9.47 Å². The van der Waals surface area contributed by atoms with Crippen LogP contribution in [-0.4, -0.2) is 30.0 Å². The monoisotopic (exact) mass is 676 g/mol. The maximum absolute atomic E-state index is 14.3. The normalized spacial score (nSPS) is 14.0. The minimum Gasteiger partial charge on any atom is -0.489 e. The van der Waals surface area contributed by atoms with Crippen LogP contribution < -0.4 is 18.1 Å². The third-order valence-corrected chi connectivity index (χ3v) is 11.7. The molecule has 48 heavy (non-hydrogen) atoms. The second-order valence-corrected chi connectivity index (χ2v) is 15.1. The molecule has 0 spiro atoms. The standard InChI is InChI=1S/C38H32N2O6S2/c1-27-13-17-31(18-14-27)47(41,42)39(29-9-5-3-6-10-29)35-21-23-45-37-26-34-36(22-24-46-38(34)25-33(35)37)40(30-11-7-4-8-12-30)48(43,44)32-19-15-28(2)16-20-32/h3-22,25-26H,23-24H2,1-2H3. The fourth-order valence-electron chi connectivity index (χ4n) is 5.80. The number of para-hydroxylation sites is 2. The van der Waals surface area contributed by atoms with Gasteiger partial charge in [0.2, 0.25) is 0 Å². The molecule has 0 aliphatic carbocycles. The highest BCUT2D eigenvalue weighted by Crippen LogP contribution is 2.46. The van der Waals surface area contributed by atoms with Gasteiger partial charge in [-0.05, 0) is 86.7 Å². The highest BCUT2D eigenvalue weighted by atomic mass is 32.2. The smallest absolute Gasteiger partial charge is 0.268 e. The maximum Gasteiger partial charge on any atom is 0.268 e. The van der Waals surface area contributed by atoms with Crippen LogP contribution in [0.25, 0.3) is 11.4 Å². The van der Waals surface area contributed by atoms with Gasteiger partial charge in [-0.3, -0.25) is 0 Å². The molecule has 242 valence electrons. The first kappa shape index (κ1) is 31.3. The van der Waals surface area contributed by atoms with Gasteiger partial charge in [0.1, 0.15) is 24.7 Å². The molecule has 0 fully saturated rings. The first-order chi connectivity index (χ1) is 23.1. The molecule has 2 heterocycles. The number of aryl methyl sites for hydroxylation is 2. The van der Waals surface area contributed by atoms with Gasteiger partial charge in [0, 0.05) is 11.1 Å². The molecule has 7 rings (SSSR count). The Kier molecular flexibility index (Phi) is 8.06. The Balaban J connectivity index is 1.37. The SMILES string of the molecule is Cc1ccc(S(=O)(=O)N(C2=CCOc3cc4c(cc32)OCC=C4N(c2ccccc2)S(=O)(=O)c2ccc(C)cc2)c2ccccc2)cc1. The number of benzene rings is 5. The van der Waals surface area contributed by atoms with E-state index in [1.165, 1.54) is 8.61 Å². The molecule has 2 aliphatic rings.